The summed E-state index contributed by atoms with van der Waals surface area (Å²) in [7, 11) is 0. The van der Waals surface area contributed by atoms with Crippen LogP contribution >= 0.6 is 22.7 Å². The Labute approximate surface area is 114 Å². The maximum Gasteiger partial charge on any atom is 0.138 e. The van der Waals surface area contributed by atoms with E-state index in [2.05, 4.69) is 64.0 Å². The van der Waals surface area contributed by atoms with Gasteiger partial charge in [-0.2, -0.15) is 0 Å². The van der Waals surface area contributed by atoms with Gasteiger partial charge in [0.25, 0.3) is 0 Å². The highest BCUT2D eigenvalue weighted by Crippen LogP contribution is 2.38. The molecule has 3 heterocycles. The highest BCUT2D eigenvalue weighted by atomic mass is 32.1. The molecule has 3 rings (SSSR count). The zero-order valence-electron chi connectivity index (χ0n) is 9.91. The minimum Gasteiger partial charge on any atom is -0.277 e. The molecule has 0 aromatic carbocycles. The molecule has 0 aliphatic heterocycles. The van der Waals surface area contributed by atoms with E-state index < -0.39 is 0 Å². The summed E-state index contributed by atoms with van der Waals surface area (Å²) in [6, 6.07) is 12.5. The first kappa shape index (κ1) is 11.4. The Hall–Kier alpha value is -1.65. The molecule has 4 heteroatoms. The van der Waals surface area contributed by atoms with Crippen LogP contribution in [-0.2, 0) is 0 Å². The van der Waals surface area contributed by atoms with Gasteiger partial charge in [-0.05, 0) is 53.6 Å². The molecule has 0 saturated heterocycles. The molecule has 0 N–H and O–H groups in total. The molecule has 0 unspecified atom stereocenters. The second kappa shape index (κ2) is 4.92. The van der Waals surface area contributed by atoms with E-state index in [0.29, 0.717) is 0 Å². The number of pyridine rings is 1. The lowest BCUT2D eigenvalue weighted by atomic mass is 10.3. The Bertz CT molecular complexity index is 564. The number of hydrogen-bond acceptors (Lipinski definition) is 4. The third-order valence-corrected chi connectivity index (χ3v) is 4.28. The molecular formula is C14H12N2S2. The lowest BCUT2D eigenvalue weighted by Gasteiger charge is -2.20. The predicted octanol–water partition coefficient (Wildman–Crippen LogP) is 4.98. The number of aromatic nitrogens is 1. The molecule has 18 heavy (non-hydrogen) atoms. The van der Waals surface area contributed by atoms with E-state index in [9.17, 15) is 0 Å². The molecule has 0 aliphatic rings. The highest BCUT2D eigenvalue weighted by Gasteiger charge is 2.14. The van der Waals surface area contributed by atoms with Crippen LogP contribution in [0.15, 0.2) is 53.4 Å². The van der Waals surface area contributed by atoms with Gasteiger partial charge in [-0.1, -0.05) is 6.07 Å². The van der Waals surface area contributed by atoms with Crippen LogP contribution in [0, 0.1) is 6.92 Å². The molecule has 0 spiro atoms. The van der Waals surface area contributed by atoms with Crippen molar-refractivity contribution in [2.45, 2.75) is 6.92 Å². The first-order valence-electron chi connectivity index (χ1n) is 5.64. The zero-order chi connectivity index (χ0) is 12.4. The summed E-state index contributed by atoms with van der Waals surface area (Å²) in [6.07, 6.45) is 1.91. The number of aryl methyl sites for hydroxylation is 1. The van der Waals surface area contributed by atoms with Crippen molar-refractivity contribution in [2.75, 3.05) is 4.90 Å². The van der Waals surface area contributed by atoms with Gasteiger partial charge in [0.15, 0.2) is 0 Å². The minimum absolute atomic E-state index is 0.963. The van der Waals surface area contributed by atoms with Gasteiger partial charge >= 0.3 is 0 Å². The van der Waals surface area contributed by atoms with E-state index in [4.69, 9.17) is 0 Å². The van der Waals surface area contributed by atoms with E-state index in [1.54, 1.807) is 22.7 Å². The molecule has 0 amide bonds. The maximum absolute atomic E-state index is 4.53. The van der Waals surface area contributed by atoms with Crippen molar-refractivity contribution < 1.29 is 0 Å². The quantitative estimate of drug-likeness (QED) is 0.668. The SMILES string of the molecule is Cc1ccc(N(c2cccs2)c2cccs2)nc1. The van der Waals surface area contributed by atoms with Gasteiger partial charge in [-0.15, -0.1) is 22.7 Å². The Morgan fingerprint density at radius 1 is 0.944 bits per heavy atom. The number of nitrogens with zero attached hydrogens (tertiary/aromatic N) is 2. The molecule has 0 saturated carbocycles. The van der Waals surface area contributed by atoms with Crippen LogP contribution in [0.1, 0.15) is 5.56 Å². The van der Waals surface area contributed by atoms with Gasteiger partial charge in [0.1, 0.15) is 15.8 Å². The average Bonchev–Trinajstić information content (AvgIpc) is 3.06. The standard InChI is InChI=1S/C14H12N2S2/c1-11-6-7-12(15-10-11)16(13-4-2-8-17-13)14-5-3-9-18-14/h2-10H,1H3. The van der Waals surface area contributed by atoms with Gasteiger partial charge < -0.3 is 0 Å². The maximum atomic E-state index is 4.53. The van der Waals surface area contributed by atoms with Crippen LogP contribution in [0.5, 0.6) is 0 Å². The topological polar surface area (TPSA) is 16.1 Å². The van der Waals surface area contributed by atoms with E-state index in [1.165, 1.54) is 15.6 Å². The number of anilines is 3. The van der Waals surface area contributed by atoms with Crippen LogP contribution in [0.25, 0.3) is 0 Å². The smallest absolute Gasteiger partial charge is 0.138 e. The van der Waals surface area contributed by atoms with Crippen molar-refractivity contribution in [1.82, 2.24) is 4.98 Å². The fourth-order valence-corrected chi connectivity index (χ4v) is 3.28. The van der Waals surface area contributed by atoms with Crippen LogP contribution in [0.4, 0.5) is 15.8 Å². The summed E-state index contributed by atoms with van der Waals surface area (Å²) in [4.78, 5) is 6.72. The third kappa shape index (κ3) is 2.17. The van der Waals surface area contributed by atoms with Crippen molar-refractivity contribution in [3.63, 3.8) is 0 Å². The normalized spacial score (nSPS) is 10.5. The van der Waals surface area contributed by atoms with Crippen LogP contribution in [0.3, 0.4) is 0 Å². The number of hydrogen-bond donors (Lipinski definition) is 0. The van der Waals surface area contributed by atoms with Gasteiger partial charge in [-0.25, -0.2) is 4.98 Å². The van der Waals surface area contributed by atoms with Crippen LogP contribution in [-0.4, -0.2) is 4.98 Å². The van der Waals surface area contributed by atoms with Gasteiger partial charge in [-0.3, -0.25) is 4.90 Å². The number of rotatable bonds is 3. The Balaban J connectivity index is 2.08. The largest absolute Gasteiger partial charge is 0.277 e. The summed E-state index contributed by atoms with van der Waals surface area (Å²) in [5.41, 5.74) is 1.18. The van der Waals surface area contributed by atoms with E-state index in [1.807, 2.05) is 6.20 Å². The van der Waals surface area contributed by atoms with Crippen LogP contribution in [0.2, 0.25) is 0 Å². The lowest BCUT2D eigenvalue weighted by Crippen LogP contribution is -2.08. The van der Waals surface area contributed by atoms with Crippen molar-refractivity contribution in [3.8, 4) is 0 Å². The van der Waals surface area contributed by atoms with E-state index in [-0.39, 0.29) is 0 Å². The molecule has 2 nitrogen and oxygen atoms in total. The van der Waals surface area contributed by atoms with Crippen molar-refractivity contribution in [2.24, 2.45) is 0 Å². The molecule has 3 aromatic heterocycles. The first-order valence-corrected chi connectivity index (χ1v) is 7.40. The molecule has 3 aromatic rings. The fourth-order valence-electron chi connectivity index (χ4n) is 1.72. The lowest BCUT2D eigenvalue weighted by molar-refractivity contribution is 1.19. The van der Waals surface area contributed by atoms with Gasteiger partial charge in [0.05, 0.1) is 0 Å². The molecular weight excluding hydrogens is 260 g/mol. The van der Waals surface area contributed by atoms with Crippen LogP contribution < -0.4 is 4.90 Å². The minimum atomic E-state index is 0.963. The summed E-state index contributed by atoms with van der Waals surface area (Å²) in [6.45, 7) is 2.05. The van der Waals surface area contributed by atoms with Gasteiger partial charge in [0.2, 0.25) is 0 Å². The highest BCUT2D eigenvalue weighted by molar-refractivity contribution is 7.16. The average molecular weight is 272 g/mol. The summed E-state index contributed by atoms with van der Waals surface area (Å²) >= 11 is 3.44. The third-order valence-electron chi connectivity index (χ3n) is 2.58. The molecule has 0 atom stereocenters. The number of thiophene rings is 2. The Kier molecular flexibility index (Phi) is 3.13. The monoisotopic (exact) mass is 272 g/mol. The van der Waals surface area contributed by atoms with E-state index >= 15 is 0 Å². The Morgan fingerprint density at radius 3 is 2.06 bits per heavy atom. The van der Waals surface area contributed by atoms with Gasteiger partial charge in [0, 0.05) is 6.20 Å². The van der Waals surface area contributed by atoms with Crippen molar-refractivity contribution in [1.29, 1.82) is 0 Å². The molecule has 0 radical (unpaired) electrons. The summed E-state index contributed by atoms with van der Waals surface area (Å²) < 4.78 is 0. The second-order valence-corrected chi connectivity index (χ2v) is 5.78. The predicted molar refractivity (Wildman–Crippen MR) is 79.4 cm³/mol. The first-order chi connectivity index (χ1) is 8.84. The molecule has 0 fully saturated rings. The fraction of sp³-hybridized carbons (Fsp3) is 0.0714. The summed E-state index contributed by atoms with van der Waals surface area (Å²) in [5, 5.41) is 6.55. The second-order valence-electron chi connectivity index (χ2n) is 3.93. The molecule has 90 valence electrons. The zero-order valence-corrected chi connectivity index (χ0v) is 11.5. The summed E-state index contributed by atoms with van der Waals surface area (Å²) in [5.74, 6) is 0.963. The molecule has 0 aliphatic carbocycles. The van der Waals surface area contributed by atoms with Crippen molar-refractivity contribution in [3.05, 3.63) is 58.9 Å². The Morgan fingerprint density at radius 2 is 1.61 bits per heavy atom. The molecule has 0 bridgehead atoms. The van der Waals surface area contributed by atoms with E-state index in [0.717, 1.165) is 5.82 Å². The van der Waals surface area contributed by atoms with Crippen molar-refractivity contribution >= 4 is 38.5 Å².